The second-order valence-corrected chi connectivity index (χ2v) is 8.97. The van der Waals surface area contributed by atoms with Crippen LogP contribution in [0.2, 0.25) is 0 Å². The van der Waals surface area contributed by atoms with E-state index in [9.17, 15) is 8.42 Å². The molecule has 0 saturated carbocycles. The molecule has 0 amide bonds. The van der Waals surface area contributed by atoms with Gasteiger partial charge in [0.15, 0.2) is 4.96 Å². The lowest BCUT2D eigenvalue weighted by molar-refractivity contribution is 0.601. The molecule has 5 rings (SSSR count). The number of benzene rings is 3. The molecule has 1 N–H and O–H groups in total. The number of anilines is 1. The number of rotatable bonds is 4. The standard InChI is InChI=1S/C21H15N3O2S2/c25-28(26,19-9-8-15-4-1-2-5-16(15)13-19)23-18-7-3-6-17(12-18)20-14-24-10-11-27-21(24)22-20/h1-14,23H. The van der Waals surface area contributed by atoms with E-state index in [1.54, 1.807) is 35.6 Å². The van der Waals surface area contributed by atoms with Gasteiger partial charge in [0.05, 0.1) is 10.6 Å². The van der Waals surface area contributed by atoms with Crippen molar-refractivity contribution in [3.8, 4) is 11.3 Å². The van der Waals surface area contributed by atoms with Crippen molar-refractivity contribution in [2.24, 2.45) is 0 Å². The molecule has 0 radical (unpaired) electrons. The Hall–Kier alpha value is -3.16. The Labute approximate surface area is 166 Å². The molecular formula is C21H15N3O2S2. The predicted octanol–water partition coefficient (Wildman–Crippen LogP) is 5.02. The second-order valence-electron chi connectivity index (χ2n) is 6.41. The lowest BCUT2D eigenvalue weighted by Crippen LogP contribution is -2.12. The molecule has 28 heavy (non-hydrogen) atoms. The molecule has 0 fully saturated rings. The van der Waals surface area contributed by atoms with E-state index in [0.717, 1.165) is 27.0 Å². The summed E-state index contributed by atoms with van der Waals surface area (Å²) in [5, 5.41) is 3.86. The average molecular weight is 406 g/mol. The Morgan fingerprint density at radius 2 is 1.79 bits per heavy atom. The zero-order valence-electron chi connectivity index (χ0n) is 14.6. The van der Waals surface area contributed by atoms with E-state index in [4.69, 9.17) is 0 Å². The summed E-state index contributed by atoms with van der Waals surface area (Å²) in [5.41, 5.74) is 2.16. The van der Waals surface area contributed by atoms with Crippen LogP contribution in [0.3, 0.4) is 0 Å². The first-order chi connectivity index (χ1) is 13.6. The van der Waals surface area contributed by atoms with Crippen molar-refractivity contribution in [2.45, 2.75) is 4.90 Å². The Bertz CT molecular complexity index is 1390. The lowest BCUT2D eigenvalue weighted by atomic mass is 10.1. The summed E-state index contributed by atoms with van der Waals surface area (Å²) < 4.78 is 30.4. The first-order valence-corrected chi connectivity index (χ1v) is 11.0. The molecule has 0 spiro atoms. The summed E-state index contributed by atoms with van der Waals surface area (Å²) in [6.07, 6.45) is 3.88. The molecule has 7 heteroatoms. The molecule has 138 valence electrons. The van der Waals surface area contributed by atoms with Crippen LogP contribution < -0.4 is 4.72 Å². The molecule has 2 heterocycles. The fourth-order valence-electron chi connectivity index (χ4n) is 3.16. The second kappa shape index (κ2) is 6.47. The fraction of sp³-hybridized carbons (Fsp3) is 0. The summed E-state index contributed by atoms with van der Waals surface area (Å²) in [6, 6.07) is 20.1. The van der Waals surface area contributed by atoms with Gasteiger partial charge in [-0.15, -0.1) is 11.3 Å². The van der Waals surface area contributed by atoms with Gasteiger partial charge < -0.3 is 0 Å². The topological polar surface area (TPSA) is 63.5 Å². The van der Waals surface area contributed by atoms with Gasteiger partial charge in [0.1, 0.15) is 0 Å². The Balaban J connectivity index is 1.48. The molecule has 0 aliphatic carbocycles. The normalized spacial score (nSPS) is 11.9. The van der Waals surface area contributed by atoms with Gasteiger partial charge in [-0.3, -0.25) is 9.12 Å². The smallest absolute Gasteiger partial charge is 0.261 e. The van der Waals surface area contributed by atoms with Crippen LogP contribution in [0.4, 0.5) is 5.69 Å². The highest BCUT2D eigenvalue weighted by atomic mass is 32.2. The van der Waals surface area contributed by atoms with Crippen molar-refractivity contribution in [1.29, 1.82) is 0 Å². The number of aromatic nitrogens is 2. The third-order valence-electron chi connectivity index (χ3n) is 4.54. The molecule has 0 saturated heterocycles. The zero-order valence-corrected chi connectivity index (χ0v) is 16.2. The minimum Gasteiger partial charge on any atom is -0.297 e. The number of thiazole rings is 1. The van der Waals surface area contributed by atoms with Gasteiger partial charge in [-0.25, -0.2) is 13.4 Å². The highest BCUT2D eigenvalue weighted by Gasteiger charge is 2.15. The van der Waals surface area contributed by atoms with Gasteiger partial charge in [-0.2, -0.15) is 0 Å². The summed E-state index contributed by atoms with van der Waals surface area (Å²) in [7, 11) is -3.69. The summed E-state index contributed by atoms with van der Waals surface area (Å²) in [4.78, 5) is 5.71. The number of sulfonamides is 1. The average Bonchev–Trinajstić information content (AvgIpc) is 3.30. The summed E-state index contributed by atoms with van der Waals surface area (Å²) in [6.45, 7) is 0. The number of hydrogen-bond donors (Lipinski definition) is 1. The van der Waals surface area contributed by atoms with E-state index < -0.39 is 10.0 Å². The first kappa shape index (κ1) is 17.0. The number of nitrogens with one attached hydrogen (secondary N) is 1. The van der Waals surface area contributed by atoms with Crippen LogP contribution in [-0.2, 0) is 10.0 Å². The maximum Gasteiger partial charge on any atom is 0.261 e. The first-order valence-electron chi connectivity index (χ1n) is 8.63. The molecule has 0 atom stereocenters. The van der Waals surface area contributed by atoms with Gasteiger partial charge in [-0.05, 0) is 35.0 Å². The van der Waals surface area contributed by atoms with Crippen molar-refractivity contribution in [3.05, 3.63) is 84.5 Å². The van der Waals surface area contributed by atoms with Crippen molar-refractivity contribution >= 4 is 42.8 Å². The van der Waals surface area contributed by atoms with Gasteiger partial charge in [-0.1, -0.05) is 42.5 Å². The van der Waals surface area contributed by atoms with E-state index in [2.05, 4.69) is 9.71 Å². The Morgan fingerprint density at radius 1 is 0.929 bits per heavy atom. The van der Waals surface area contributed by atoms with Gasteiger partial charge in [0.2, 0.25) is 0 Å². The van der Waals surface area contributed by atoms with Gasteiger partial charge >= 0.3 is 0 Å². The molecule has 5 nitrogen and oxygen atoms in total. The number of nitrogens with zero attached hydrogens (tertiary/aromatic N) is 2. The molecule has 2 aromatic heterocycles. The van der Waals surface area contributed by atoms with E-state index in [1.807, 2.05) is 64.6 Å². The predicted molar refractivity (Wildman–Crippen MR) is 113 cm³/mol. The maximum absolute atomic E-state index is 12.9. The van der Waals surface area contributed by atoms with Crippen molar-refractivity contribution < 1.29 is 8.42 Å². The van der Waals surface area contributed by atoms with Crippen LogP contribution in [0.5, 0.6) is 0 Å². The van der Waals surface area contributed by atoms with Crippen LogP contribution in [-0.4, -0.2) is 17.8 Å². The van der Waals surface area contributed by atoms with E-state index in [-0.39, 0.29) is 4.90 Å². The quantitative estimate of drug-likeness (QED) is 0.457. The minimum atomic E-state index is -3.69. The molecule has 0 bridgehead atoms. The third kappa shape index (κ3) is 3.04. The molecule has 0 aliphatic rings. The van der Waals surface area contributed by atoms with Crippen LogP contribution in [0, 0.1) is 0 Å². The van der Waals surface area contributed by atoms with E-state index in [1.165, 1.54) is 0 Å². The highest BCUT2D eigenvalue weighted by molar-refractivity contribution is 7.92. The Kier molecular flexibility index (Phi) is 3.92. The van der Waals surface area contributed by atoms with Crippen molar-refractivity contribution in [1.82, 2.24) is 9.38 Å². The molecule has 0 aliphatic heterocycles. The number of hydrogen-bond acceptors (Lipinski definition) is 4. The molecular weight excluding hydrogens is 390 g/mol. The molecule has 0 unspecified atom stereocenters. The van der Waals surface area contributed by atoms with Crippen molar-refractivity contribution in [2.75, 3.05) is 4.72 Å². The minimum absolute atomic E-state index is 0.235. The van der Waals surface area contributed by atoms with Crippen LogP contribution in [0.25, 0.3) is 27.0 Å². The van der Waals surface area contributed by atoms with Gasteiger partial charge in [0, 0.05) is 29.0 Å². The zero-order chi connectivity index (χ0) is 19.1. The Morgan fingerprint density at radius 3 is 2.64 bits per heavy atom. The van der Waals surface area contributed by atoms with Crippen molar-refractivity contribution in [3.63, 3.8) is 0 Å². The SMILES string of the molecule is O=S(=O)(Nc1cccc(-c2cn3ccsc3n2)c1)c1ccc2ccccc2c1. The molecule has 5 aromatic rings. The van der Waals surface area contributed by atoms with E-state index >= 15 is 0 Å². The third-order valence-corrected chi connectivity index (χ3v) is 6.68. The van der Waals surface area contributed by atoms with Crippen LogP contribution in [0.1, 0.15) is 0 Å². The maximum atomic E-state index is 12.9. The summed E-state index contributed by atoms with van der Waals surface area (Å²) in [5.74, 6) is 0. The number of imidazole rings is 1. The number of fused-ring (bicyclic) bond motifs is 2. The van der Waals surface area contributed by atoms with Crippen LogP contribution >= 0.6 is 11.3 Å². The summed E-state index contributed by atoms with van der Waals surface area (Å²) >= 11 is 1.56. The fourth-order valence-corrected chi connectivity index (χ4v) is 4.94. The van der Waals surface area contributed by atoms with Gasteiger partial charge in [0.25, 0.3) is 10.0 Å². The van der Waals surface area contributed by atoms with Crippen LogP contribution in [0.15, 0.2) is 89.4 Å². The highest BCUT2D eigenvalue weighted by Crippen LogP contribution is 2.26. The van der Waals surface area contributed by atoms with E-state index in [0.29, 0.717) is 5.69 Å². The molecule has 3 aromatic carbocycles. The largest absolute Gasteiger partial charge is 0.297 e. The monoisotopic (exact) mass is 405 g/mol. The lowest BCUT2D eigenvalue weighted by Gasteiger charge is -2.10.